The van der Waals surface area contributed by atoms with Crippen molar-refractivity contribution < 1.29 is 13.2 Å². The van der Waals surface area contributed by atoms with Gasteiger partial charge in [0.2, 0.25) is 10.0 Å². The summed E-state index contributed by atoms with van der Waals surface area (Å²) < 4.78 is 33.7. The van der Waals surface area contributed by atoms with Crippen LogP contribution < -0.4 is 4.74 Å². The molecule has 2 aromatic carbocycles. The summed E-state index contributed by atoms with van der Waals surface area (Å²) in [7, 11) is -2.02. The topological polar surface area (TPSA) is 46.6 Å². The molecule has 0 radical (unpaired) electrons. The molecule has 2 aromatic rings. The van der Waals surface area contributed by atoms with Crippen LogP contribution in [0.4, 0.5) is 0 Å². The van der Waals surface area contributed by atoms with Gasteiger partial charge in [0.15, 0.2) is 0 Å². The van der Waals surface area contributed by atoms with E-state index in [-0.39, 0.29) is 0 Å². The first-order chi connectivity index (χ1) is 10.9. The van der Waals surface area contributed by atoms with Crippen molar-refractivity contribution in [2.75, 3.05) is 13.7 Å². The van der Waals surface area contributed by atoms with Gasteiger partial charge in [-0.2, -0.15) is 4.31 Å². The Morgan fingerprint density at radius 1 is 1.17 bits per heavy atom. The number of ether oxygens (including phenoxy) is 1. The van der Waals surface area contributed by atoms with Crippen LogP contribution in [0.1, 0.15) is 16.7 Å². The summed E-state index contributed by atoms with van der Waals surface area (Å²) in [5, 5.41) is 0. The predicted octanol–water partition coefficient (Wildman–Crippen LogP) is 3.51. The molecular formula is C17H18BrNO3S. The molecule has 0 spiro atoms. The van der Waals surface area contributed by atoms with Crippen LogP contribution in [0.3, 0.4) is 0 Å². The summed E-state index contributed by atoms with van der Waals surface area (Å²) in [6, 6.07) is 11.4. The maximum absolute atomic E-state index is 13.1. The number of fused-ring (bicyclic) bond motifs is 1. The number of aryl methyl sites for hydroxylation is 1. The number of sulfonamides is 1. The van der Waals surface area contributed by atoms with Crippen LogP contribution in [-0.2, 0) is 23.0 Å². The predicted molar refractivity (Wildman–Crippen MR) is 93.2 cm³/mol. The lowest BCUT2D eigenvalue weighted by atomic mass is 10.0. The fourth-order valence-electron chi connectivity index (χ4n) is 2.88. The second kappa shape index (κ2) is 6.26. The van der Waals surface area contributed by atoms with Gasteiger partial charge >= 0.3 is 0 Å². The lowest BCUT2D eigenvalue weighted by Gasteiger charge is -2.28. The van der Waals surface area contributed by atoms with Gasteiger partial charge in [0, 0.05) is 19.2 Å². The highest BCUT2D eigenvalue weighted by molar-refractivity contribution is 9.10. The average Bonchev–Trinajstić information content (AvgIpc) is 2.54. The highest BCUT2D eigenvalue weighted by Gasteiger charge is 2.30. The highest BCUT2D eigenvalue weighted by atomic mass is 79.9. The second-order valence-electron chi connectivity index (χ2n) is 5.61. The molecule has 1 aliphatic rings. The van der Waals surface area contributed by atoms with Crippen LogP contribution in [0.15, 0.2) is 45.8 Å². The zero-order valence-electron chi connectivity index (χ0n) is 13.0. The zero-order chi connectivity index (χ0) is 16.6. The first kappa shape index (κ1) is 16.5. The summed E-state index contributed by atoms with van der Waals surface area (Å²) in [6.07, 6.45) is 0.738. The summed E-state index contributed by atoms with van der Waals surface area (Å²) in [5.74, 6) is 0.520. The van der Waals surface area contributed by atoms with Gasteiger partial charge in [-0.15, -0.1) is 0 Å². The fourth-order valence-corrected chi connectivity index (χ4v) is 5.14. The SMILES string of the molecule is COc1cc(S(=O)(=O)N2CCc3ccccc3C2)c(C)cc1Br. The molecule has 1 heterocycles. The van der Waals surface area contributed by atoms with Crippen LogP contribution >= 0.6 is 15.9 Å². The summed E-state index contributed by atoms with van der Waals surface area (Å²) in [4.78, 5) is 0.303. The molecule has 6 heteroatoms. The standard InChI is InChI=1S/C17H18BrNO3S/c1-12-9-15(18)16(22-2)10-17(12)23(20,21)19-8-7-13-5-3-4-6-14(13)11-19/h3-6,9-10H,7-8,11H2,1-2H3. The van der Waals surface area contributed by atoms with Crippen LogP contribution in [0.5, 0.6) is 5.75 Å². The van der Waals surface area contributed by atoms with Crippen LogP contribution in [-0.4, -0.2) is 26.4 Å². The Morgan fingerprint density at radius 3 is 2.57 bits per heavy atom. The molecule has 0 amide bonds. The maximum atomic E-state index is 13.1. The van der Waals surface area contributed by atoms with Crippen molar-refractivity contribution in [3.63, 3.8) is 0 Å². The van der Waals surface area contributed by atoms with E-state index in [0.29, 0.717) is 29.3 Å². The Balaban J connectivity index is 2.00. The molecule has 0 bridgehead atoms. The smallest absolute Gasteiger partial charge is 0.243 e. The van der Waals surface area contributed by atoms with Gasteiger partial charge in [0.25, 0.3) is 0 Å². The molecule has 1 aliphatic heterocycles. The van der Waals surface area contributed by atoms with E-state index in [4.69, 9.17) is 4.74 Å². The van der Waals surface area contributed by atoms with Crippen molar-refractivity contribution in [2.24, 2.45) is 0 Å². The van der Waals surface area contributed by atoms with Gasteiger partial charge in [-0.3, -0.25) is 0 Å². The molecule has 3 rings (SSSR count). The Kier molecular flexibility index (Phi) is 4.49. The molecule has 0 fully saturated rings. The van der Waals surface area contributed by atoms with E-state index in [0.717, 1.165) is 16.5 Å². The monoisotopic (exact) mass is 395 g/mol. The highest BCUT2D eigenvalue weighted by Crippen LogP contribution is 2.33. The van der Waals surface area contributed by atoms with E-state index >= 15 is 0 Å². The molecule has 0 aliphatic carbocycles. The van der Waals surface area contributed by atoms with Crippen molar-refractivity contribution >= 4 is 26.0 Å². The Morgan fingerprint density at radius 2 is 1.87 bits per heavy atom. The number of methoxy groups -OCH3 is 1. The maximum Gasteiger partial charge on any atom is 0.243 e. The van der Waals surface area contributed by atoms with Gasteiger partial charge in [-0.25, -0.2) is 8.42 Å². The first-order valence-electron chi connectivity index (χ1n) is 7.34. The third-order valence-electron chi connectivity index (χ3n) is 4.16. The van der Waals surface area contributed by atoms with E-state index in [1.165, 1.54) is 12.7 Å². The van der Waals surface area contributed by atoms with E-state index < -0.39 is 10.0 Å². The zero-order valence-corrected chi connectivity index (χ0v) is 15.4. The van der Waals surface area contributed by atoms with E-state index in [2.05, 4.69) is 22.0 Å². The van der Waals surface area contributed by atoms with Gasteiger partial charge in [-0.1, -0.05) is 24.3 Å². The van der Waals surface area contributed by atoms with Crippen molar-refractivity contribution in [2.45, 2.75) is 24.8 Å². The van der Waals surface area contributed by atoms with E-state index in [9.17, 15) is 8.42 Å². The minimum Gasteiger partial charge on any atom is -0.496 e. The molecule has 0 unspecified atom stereocenters. The minimum atomic E-state index is -3.55. The van der Waals surface area contributed by atoms with E-state index in [1.54, 1.807) is 23.4 Å². The summed E-state index contributed by atoms with van der Waals surface area (Å²) in [6.45, 7) is 2.71. The number of benzene rings is 2. The summed E-state index contributed by atoms with van der Waals surface area (Å²) in [5.41, 5.74) is 3.00. The largest absolute Gasteiger partial charge is 0.496 e. The third kappa shape index (κ3) is 3.03. The van der Waals surface area contributed by atoms with Crippen molar-refractivity contribution in [3.8, 4) is 5.75 Å². The minimum absolute atomic E-state index is 0.303. The molecule has 0 saturated carbocycles. The quantitative estimate of drug-likeness (QED) is 0.798. The van der Waals surface area contributed by atoms with Crippen LogP contribution in [0, 0.1) is 6.92 Å². The number of nitrogens with zero attached hydrogens (tertiary/aromatic N) is 1. The third-order valence-corrected chi connectivity index (χ3v) is 6.77. The van der Waals surface area contributed by atoms with Crippen molar-refractivity contribution in [1.29, 1.82) is 0 Å². The van der Waals surface area contributed by atoms with Gasteiger partial charge in [0.1, 0.15) is 5.75 Å². The second-order valence-corrected chi connectivity index (χ2v) is 8.37. The number of halogens is 1. The summed E-state index contributed by atoms with van der Waals surface area (Å²) >= 11 is 3.39. The number of hydrogen-bond acceptors (Lipinski definition) is 3. The average molecular weight is 396 g/mol. The van der Waals surface area contributed by atoms with Crippen molar-refractivity contribution in [1.82, 2.24) is 4.31 Å². The molecule has 0 atom stereocenters. The number of hydrogen-bond donors (Lipinski definition) is 0. The molecule has 0 N–H and O–H groups in total. The number of rotatable bonds is 3. The van der Waals surface area contributed by atoms with E-state index in [1.807, 2.05) is 18.2 Å². The molecule has 0 saturated heterocycles. The normalized spacial score (nSPS) is 15.3. The molecular weight excluding hydrogens is 378 g/mol. The Labute approximate surface area is 145 Å². The fraction of sp³-hybridized carbons (Fsp3) is 0.294. The Bertz CT molecular complexity index is 849. The van der Waals surface area contributed by atoms with Gasteiger partial charge < -0.3 is 4.74 Å². The van der Waals surface area contributed by atoms with Gasteiger partial charge in [-0.05, 0) is 52.0 Å². The van der Waals surface area contributed by atoms with Gasteiger partial charge in [0.05, 0.1) is 16.5 Å². The van der Waals surface area contributed by atoms with Crippen LogP contribution in [0.25, 0.3) is 0 Å². The first-order valence-corrected chi connectivity index (χ1v) is 9.58. The lowest BCUT2D eigenvalue weighted by Crippen LogP contribution is -2.36. The lowest BCUT2D eigenvalue weighted by molar-refractivity contribution is 0.389. The van der Waals surface area contributed by atoms with Crippen molar-refractivity contribution in [3.05, 3.63) is 57.6 Å². The molecule has 23 heavy (non-hydrogen) atoms. The Hall–Kier alpha value is -1.37. The molecule has 122 valence electrons. The molecule has 0 aromatic heterocycles. The molecule has 4 nitrogen and oxygen atoms in total. The van der Waals surface area contributed by atoms with Crippen LogP contribution in [0.2, 0.25) is 0 Å².